The Morgan fingerprint density at radius 3 is 2.74 bits per heavy atom. The Bertz CT molecular complexity index is 506. The molecule has 1 amide bonds. The second-order valence-electron chi connectivity index (χ2n) is 6.45. The minimum Gasteiger partial charge on any atom is -0.340 e. The summed E-state index contributed by atoms with van der Waals surface area (Å²) in [5.74, 6) is 0.0979. The number of aromatic nitrogens is 1. The van der Waals surface area contributed by atoms with Gasteiger partial charge in [0, 0.05) is 38.1 Å². The van der Waals surface area contributed by atoms with Crippen molar-refractivity contribution in [2.45, 2.75) is 52.1 Å². The number of amides is 1. The van der Waals surface area contributed by atoms with Gasteiger partial charge in [0.1, 0.15) is 0 Å². The fraction of sp³-hybridized carbons (Fsp3) is 0.750. The summed E-state index contributed by atoms with van der Waals surface area (Å²) in [6, 6.07) is 0. The number of nitrogens with zero attached hydrogens (tertiary/aromatic N) is 3. The van der Waals surface area contributed by atoms with E-state index in [-0.39, 0.29) is 18.3 Å². The summed E-state index contributed by atoms with van der Waals surface area (Å²) >= 11 is 1.69. The third kappa shape index (κ3) is 5.71. The van der Waals surface area contributed by atoms with E-state index in [1.807, 2.05) is 18.7 Å². The minimum absolute atomic E-state index is 0. The number of aryl methyl sites for hydroxylation is 1. The summed E-state index contributed by atoms with van der Waals surface area (Å²) in [5, 5.41) is 3.24. The third-order valence-electron chi connectivity index (χ3n) is 4.19. The molecule has 132 valence electrons. The zero-order valence-corrected chi connectivity index (χ0v) is 16.0. The Kier molecular flexibility index (Phi) is 7.94. The van der Waals surface area contributed by atoms with E-state index < -0.39 is 5.54 Å². The average Bonchev–Trinajstić information content (AvgIpc) is 2.72. The molecule has 0 aromatic carbocycles. The molecular weight excluding hydrogens is 332 g/mol. The maximum Gasteiger partial charge on any atom is 0.242 e. The lowest BCUT2D eigenvalue weighted by Crippen LogP contribution is -2.53. The van der Waals surface area contributed by atoms with Crippen LogP contribution in [0.1, 0.15) is 43.8 Å². The van der Waals surface area contributed by atoms with E-state index in [0.29, 0.717) is 0 Å². The molecule has 1 atom stereocenters. The van der Waals surface area contributed by atoms with E-state index in [4.69, 9.17) is 5.73 Å². The molecule has 7 heteroatoms. The summed E-state index contributed by atoms with van der Waals surface area (Å²) in [6.45, 7) is 10.3. The first-order valence-electron chi connectivity index (χ1n) is 8.14. The number of thiazole rings is 1. The van der Waals surface area contributed by atoms with Crippen molar-refractivity contribution < 1.29 is 4.79 Å². The normalized spacial score (nSPS) is 18.9. The largest absolute Gasteiger partial charge is 0.340 e. The number of halogens is 1. The molecule has 2 N–H and O–H groups in total. The van der Waals surface area contributed by atoms with Gasteiger partial charge in [-0.1, -0.05) is 13.3 Å². The van der Waals surface area contributed by atoms with Gasteiger partial charge < -0.3 is 10.6 Å². The van der Waals surface area contributed by atoms with E-state index >= 15 is 0 Å². The Morgan fingerprint density at radius 2 is 2.13 bits per heavy atom. The van der Waals surface area contributed by atoms with Crippen LogP contribution >= 0.6 is 23.7 Å². The Hall–Kier alpha value is -0.690. The van der Waals surface area contributed by atoms with Gasteiger partial charge in [-0.2, -0.15) is 0 Å². The van der Waals surface area contributed by atoms with Gasteiger partial charge in [0.15, 0.2) is 0 Å². The average molecular weight is 361 g/mol. The predicted molar refractivity (Wildman–Crippen MR) is 98.1 cm³/mol. The molecular formula is C16H29ClN4OS. The Labute approximate surface area is 149 Å². The molecule has 1 aromatic rings. The first kappa shape index (κ1) is 20.4. The number of rotatable bonds is 5. The lowest BCUT2D eigenvalue weighted by molar-refractivity contribution is -0.136. The van der Waals surface area contributed by atoms with Crippen LogP contribution in [0.2, 0.25) is 0 Å². The highest BCUT2D eigenvalue weighted by Crippen LogP contribution is 2.16. The molecule has 2 heterocycles. The van der Waals surface area contributed by atoms with Crippen molar-refractivity contribution in [3.63, 3.8) is 0 Å². The maximum absolute atomic E-state index is 12.6. The van der Waals surface area contributed by atoms with E-state index in [9.17, 15) is 4.79 Å². The molecule has 0 aliphatic carbocycles. The summed E-state index contributed by atoms with van der Waals surface area (Å²) in [5.41, 5.74) is 6.61. The second-order valence-corrected chi connectivity index (χ2v) is 7.51. The molecule has 0 radical (unpaired) electrons. The molecule has 1 aliphatic rings. The fourth-order valence-corrected chi connectivity index (χ4v) is 3.63. The van der Waals surface area contributed by atoms with Crippen LogP contribution in [0.5, 0.6) is 0 Å². The molecule has 1 fully saturated rings. The zero-order valence-electron chi connectivity index (χ0n) is 14.4. The monoisotopic (exact) mass is 360 g/mol. The van der Waals surface area contributed by atoms with Crippen LogP contribution in [0, 0.1) is 6.92 Å². The number of carbonyl (C=O) groups excluding carboxylic acids is 1. The molecule has 1 saturated heterocycles. The smallest absolute Gasteiger partial charge is 0.242 e. The molecule has 23 heavy (non-hydrogen) atoms. The highest BCUT2D eigenvalue weighted by atomic mass is 35.5. The lowest BCUT2D eigenvalue weighted by atomic mass is 9.95. The number of nitrogens with two attached hydrogens (primary N) is 1. The number of hydrogen-bond acceptors (Lipinski definition) is 5. The topological polar surface area (TPSA) is 62.5 Å². The van der Waals surface area contributed by atoms with E-state index in [0.717, 1.165) is 62.7 Å². The lowest BCUT2D eigenvalue weighted by Gasteiger charge is -2.31. The molecule has 1 unspecified atom stereocenters. The van der Waals surface area contributed by atoms with Gasteiger partial charge in [-0.25, -0.2) is 4.98 Å². The van der Waals surface area contributed by atoms with Crippen LogP contribution in [0.25, 0.3) is 0 Å². The van der Waals surface area contributed by atoms with Crippen molar-refractivity contribution in [3.05, 3.63) is 16.1 Å². The van der Waals surface area contributed by atoms with Gasteiger partial charge >= 0.3 is 0 Å². The number of hydrogen-bond donors (Lipinski definition) is 1. The second kappa shape index (κ2) is 8.97. The van der Waals surface area contributed by atoms with Crippen LogP contribution in [-0.4, -0.2) is 52.4 Å². The zero-order chi connectivity index (χ0) is 16.2. The van der Waals surface area contributed by atoms with E-state index in [1.165, 1.54) is 0 Å². The van der Waals surface area contributed by atoms with Gasteiger partial charge in [-0.3, -0.25) is 9.69 Å². The number of carbonyl (C=O) groups is 1. The van der Waals surface area contributed by atoms with Gasteiger partial charge in [0.05, 0.1) is 16.2 Å². The van der Waals surface area contributed by atoms with E-state index in [2.05, 4.69) is 22.2 Å². The summed E-state index contributed by atoms with van der Waals surface area (Å²) < 4.78 is 0. The van der Waals surface area contributed by atoms with Gasteiger partial charge in [0.2, 0.25) is 5.91 Å². The van der Waals surface area contributed by atoms with Crippen molar-refractivity contribution in [3.8, 4) is 0 Å². The molecule has 0 saturated carbocycles. The quantitative estimate of drug-likeness (QED) is 0.875. The van der Waals surface area contributed by atoms with Crippen molar-refractivity contribution in [1.82, 2.24) is 14.8 Å². The summed E-state index contributed by atoms with van der Waals surface area (Å²) in [7, 11) is 0. The third-order valence-corrected chi connectivity index (χ3v) is 5.01. The van der Waals surface area contributed by atoms with Crippen LogP contribution < -0.4 is 5.73 Å². The Morgan fingerprint density at radius 1 is 1.39 bits per heavy atom. The molecule has 2 rings (SSSR count). The van der Waals surface area contributed by atoms with E-state index in [1.54, 1.807) is 11.3 Å². The summed E-state index contributed by atoms with van der Waals surface area (Å²) in [6.07, 6.45) is 2.67. The predicted octanol–water partition coefficient (Wildman–Crippen LogP) is 2.43. The fourth-order valence-electron chi connectivity index (χ4n) is 3.03. The van der Waals surface area contributed by atoms with Gasteiger partial charge in [0.25, 0.3) is 0 Å². The SMILES string of the molecule is CCCC(C)(N)C(=O)N1CCCN(Cc2csc(C)n2)CC1.Cl. The standard InChI is InChI=1S/C16H28N4OS.ClH/c1-4-6-16(3,17)15(21)20-8-5-7-19(9-10-20)11-14-12-22-13(2)18-14;/h12H,4-11,17H2,1-3H3;1H. The van der Waals surface area contributed by atoms with Crippen LogP contribution in [0.4, 0.5) is 0 Å². The van der Waals surface area contributed by atoms with Gasteiger partial charge in [-0.05, 0) is 26.7 Å². The first-order valence-corrected chi connectivity index (χ1v) is 9.02. The minimum atomic E-state index is -0.726. The van der Waals surface area contributed by atoms with Crippen molar-refractivity contribution >= 4 is 29.7 Å². The highest BCUT2D eigenvalue weighted by Gasteiger charge is 2.32. The molecule has 5 nitrogen and oxygen atoms in total. The molecule has 0 spiro atoms. The summed E-state index contributed by atoms with van der Waals surface area (Å²) in [4.78, 5) is 21.5. The van der Waals surface area contributed by atoms with Gasteiger partial charge in [-0.15, -0.1) is 23.7 Å². The van der Waals surface area contributed by atoms with Crippen LogP contribution in [-0.2, 0) is 11.3 Å². The molecule has 1 aliphatic heterocycles. The molecule has 1 aromatic heterocycles. The molecule has 0 bridgehead atoms. The van der Waals surface area contributed by atoms with Crippen molar-refractivity contribution in [2.75, 3.05) is 26.2 Å². The van der Waals surface area contributed by atoms with Crippen molar-refractivity contribution in [1.29, 1.82) is 0 Å². The Balaban J connectivity index is 0.00000264. The maximum atomic E-state index is 12.6. The van der Waals surface area contributed by atoms with Crippen molar-refractivity contribution in [2.24, 2.45) is 5.73 Å². The first-order chi connectivity index (χ1) is 10.4. The van der Waals surface area contributed by atoms with Crippen LogP contribution in [0.15, 0.2) is 5.38 Å². The highest BCUT2D eigenvalue weighted by molar-refractivity contribution is 7.09. The van der Waals surface area contributed by atoms with Crippen LogP contribution in [0.3, 0.4) is 0 Å².